The summed E-state index contributed by atoms with van der Waals surface area (Å²) in [6.45, 7) is 1.83. The first kappa shape index (κ1) is 19.8. The molecule has 1 atom stereocenters. The molecule has 1 unspecified atom stereocenters. The summed E-state index contributed by atoms with van der Waals surface area (Å²) in [5.74, 6) is -1.92. The minimum atomic E-state index is -0.820. The van der Waals surface area contributed by atoms with Crippen LogP contribution in [0.1, 0.15) is 18.9 Å². The molecule has 0 saturated carbocycles. The molecule has 3 amide bonds. The molecule has 2 aromatic rings. The Labute approximate surface area is 165 Å². The Hall–Kier alpha value is -3.00. The number of halogens is 2. The predicted molar refractivity (Wildman–Crippen MR) is 102 cm³/mol. The van der Waals surface area contributed by atoms with Crippen LogP contribution in [0.2, 0.25) is 5.02 Å². The lowest BCUT2D eigenvalue weighted by Gasteiger charge is -2.17. The number of benzene rings is 1. The Kier molecular flexibility index (Phi) is 5.89. The summed E-state index contributed by atoms with van der Waals surface area (Å²) in [5.41, 5.74) is 1.06. The molecule has 0 bridgehead atoms. The van der Waals surface area contributed by atoms with Crippen molar-refractivity contribution in [2.45, 2.75) is 19.9 Å². The van der Waals surface area contributed by atoms with E-state index in [1.807, 2.05) is 0 Å². The largest absolute Gasteiger partial charge is 0.351 e. The molecule has 2 heterocycles. The van der Waals surface area contributed by atoms with E-state index in [1.54, 1.807) is 18.2 Å². The molecule has 1 aliphatic heterocycles. The van der Waals surface area contributed by atoms with Crippen molar-refractivity contribution in [1.29, 1.82) is 0 Å². The topological polar surface area (TPSA) is 91.4 Å². The number of carbonyl (C=O) groups is 3. The maximum Gasteiger partial charge on any atom is 0.239 e. The van der Waals surface area contributed by atoms with E-state index in [0.29, 0.717) is 30.0 Å². The van der Waals surface area contributed by atoms with Crippen LogP contribution in [0.25, 0.3) is 0 Å². The third-order valence-electron chi connectivity index (χ3n) is 4.27. The Morgan fingerprint density at radius 2 is 2.11 bits per heavy atom. The van der Waals surface area contributed by atoms with Gasteiger partial charge in [0.1, 0.15) is 17.6 Å². The highest BCUT2D eigenvalue weighted by atomic mass is 35.5. The lowest BCUT2D eigenvalue weighted by atomic mass is 10.1. The first-order chi connectivity index (χ1) is 13.3. The number of pyridine rings is 1. The Morgan fingerprint density at radius 3 is 2.75 bits per heavy atom. The first-order valence-electron chi connectivity index (χ1n) is 8.61. The van der Waals surface area contributed by atoms with Crippen LogP contribution in [-0.4, -0.2) is 29.3 Å². The smallest absolute Gasteiger partial charge is 0.239 e. The van der Waals surface area contributed by atoms with Crippen LogP contribution in [0.3, 0.4) is 0 Å². The van der Waals surface area contributed by atoms with Crippen LogP contribution in [0, 0.1) is 11.7 Å². The van der Waals surface area contributed by atoms with Crippen LogP contribution in [-0.2, 0) is 20.9 Å². The number of rotatable bonds is 5. The standard InChI is InChI=1S/C19H18ClFN4O3/c1-11(26)24-17-3-2-15(10-22-17)25-5-4-16(19(25)28)18(27)23-9-12-6-13(20)8-14(21)7-12/h2-3,6-8,10,16H,4-5,9H2,1H3,(H,23,27)(H,22,24,26). The van der Waals surface area contributed by atoms with E-state index < -0.39 is 17.6 Å². The summed E-state index contributed by atoms with van der Waals surface area (Å²) >= 11 is 5.80. The van der Waals surface area contributed by atoms with Gasteiger partial charge in [0.25, 0.3) is 0 Å². The highest BCUT2D eigenvalue weighted by Gasteiger charge is 2.37. The zero-order valence-electron chi connectivity index (χ0n) is 15.0. The monoisotopic (exact) mass is 404 g/mol. The fourth-order valence-electron chi connectivity index (χ4n) is 3.00. The molecule has 0 aliphatic carbocycles. The average molecular weight is 405 g/mol. The quantitative estimate of drug-likeness (QED) is 0.749. The summed E-state index contributed by atoms with van der Waals surface area (Å²) in [6.07, 6.45) is 1.83. The molecule has 7 nitrogen and oxygen atoms in total. The number of hydrogen-bond donors (Lipinski definition) is 2. The zero-order valence-corrected chi connectivity index (χ0v) is 15.8. The van der Waals surface area contributed by atoms with Gasteiger partial charge in [0, 0.05) is 25.0 Å². The highest BCUT2D eigenvalue weighted by molar-refractivity contribution is 6.30. The van der Waals surface area contributed by atoms with Crippen molar-refractivity contribution < 1.29 is 18.8 Å². The number of nitrogens with one attached hydrogen (secondary N) is 2. The van der Waals surface area contributed by atoms with Gasteiger partial charge in [-0.05, 0) is 42.3 Å². The molecule has 0 radical (unpaired) electrons. The lowest BCUT2D eigenvalue weighted by Crippen LogP contribution is -2.36. The fraction of sp³-hybridized carbons (Fsp3) is 0.263. The molecule has 2 N–H and O–H groups in total. The second-order valence-corrected chi connectivity index (χ2v) is 6.85. The predicted octanol–water partition coefficient (Wildman–Crippen LogP) is 2.50. The van der Waals surface area contributed by atoms with Gasteiger partial charge in [-0.3, -0.25) is 14.4 Å². The van der Waals surface area contributed by atoms with E-state index in [2.05, 4.69) is 15.6 Å². The van der Waals surface area contributed by atoms with Gasteiger partial charge in [0.2, 0.25) is 17.7 Å². The van der Waals surface area contributed by atoms with Crippen LogP contribution in [0.15, 0.2) is 36.5 Å². The summed E-state index contributed by atoms with van der Waals surface area (Å²) in [6, 6.07) is 7.25. The Bertz CT molecular complexity index is 900. The van der Waals surface area contributed by atoms with E-state index >= 15 is 0 Å². The number of hydrogen-bond acceptors (Lipinski definition) is 4. The van der Waals surface area contributed by atoms with Gasteiger partial charge in [0.05, 0.1) is 11.9 Å². The molecule has 146 valence electrons. The third-order valence-corrected chi connectivity index (χ3v) is 4.49. The molecular weight excluding hydrogens is 387 g/mol. The van der Waals surface area contributed by atoms with Crippen molar-refractivity contribution in [2.24, 2.45) is 5.92 Å². The molecule has 1 fully saturated rings. The lowest BCUT2D eigenvalue weighted by molar-refractivity contribution is -0.132. The molecule has 1 aromatic heterocycles. The van der Waals surface area contributed by atoms with Gasteiger partial charge < -0.3 is 15.5 Å². The first-order valence-corrected chi connectivity index (χ1v) is 8.99. The van der Waals surface area contributed by atoms with Gasteiger partial charge in [-0.2, -0.15) is 0 Å². The summed E-state index contributed by atoms with van der Waals surface area (Å²) in [7, 11) is 0. The van der Waals surface area contributed by atoms with Crippen molar-refractivity contribution in [2.75, 3.05) is 16.8 Å². The van der Waals surface area contributed by atoms with E-state index in [4.69, 9.17) is 11.6 Å². The molecular formula is C19H18ClFN4O3. The Morgan fingerprint density at radius 1 is 1.32 bits per heavy atom. The zero-order chi connectivity index (χ0) is 20.3. The summed E-state index contributed by atoms with van der Waals surface area (Å²) in [5, 5.41) is 5.44. The Balaban J connectivity index is 1.61. The minimum absolute atomic E-state index is 0.0765. The maximum atomic E-state index is 13.4. The number of aromatic nitrogens is 1. The van der Waals surface area contributed by atoms with Crippen LogP contribution in [0.5, 0.6) is 0 Å². The SMILES string of the molecule is CC(=O)Nc1ccc(N2CCC(C(=O)NCc3cc(F)cc(Cl)c3)C2=O)cn1. The van der Waals surface area contributed by atoms with E-state index in [9.17, 15) is 18.8 Å². The van der Waals surface area contributed by atoms with Crippen molar-refractivity contribution in [3.63, 3.8) is 0 Å². The molecule has 3 rings (SSSR count). The van der Waals surface area contributed by atoms with Gasteiger partial charge in [-0.25, -0.2) is 9.37 Å². The van der Waals surface area contributed by atoms with Crippen LogP contribution < -0.4 is 15.5 Å². The second kappa shape index (κ2) is 8.35. The van der Waals surface area contributed by atoms with E-state index in [-0.39, 0.29) is 23.4 Å². The third kappa shape index (κ3) is 4.64. The van der Waals surface area contributed by atoms with Gasteiger partial charge in [0.15, 0.2) is 0 Å². The van der Waals surface area contributed by atoms with Crippen LogP contribution in [0.4, 0.5) is 15.9 Å². The highest BCUT2D eigenvalue weighted by Crippen LogP contribution is 2.25. The van der Waals surface area contributed by atoms with Crippen molar-refractivity contribution >= 4 is 40.8 Å². The minimum Gasteiger partial charge on any atom is -0.351 e. The number of carbonyl (C=O) groups excluding carboxylic acids is 3. The van der Waals surface area contributed by atoms with Gasteiger partial charge in [-0.1, -0.05) is 11.6 Å². The molecule has 1 aromatic carbocycles. The molecule has 28 heavy (non-hydrogen) atoms. The normalized spacial score (nSPS) is 16.2. The average Bonchev–Trinajstić information content (AvgIpc) is 3.01. The van der Waals surface area contributed by atoms with Crippen LogP contribution >= 0.6 is 11.6 Å². The number of nitrogens with zero attached hydrogens (tertiary/aromatic N) is 2. The summed E-state index contributed by atoms with van der Waals surface area (Å²) in [4.78, 5) is 41.6. The second-order valence-electron chi connectivity index (χ2n) is 6.41. The van der Waals surface area contributed by atoms with E-state index in [1.165, 1.54) is 30.2 Å². The fourth-order valence-corrected chi connectivity index (χ4v) is 3.25. The molecule has 1 aliphatic rings. The van der Waals surface area contributed by atoms with Crippen molar-refractivity contribution in [3.8, 4) is 0 Å². The summed E-state index contributed by atoms with van der Waals surface area (Å²) < 4.78 is 13.4. The van der Waals surface area contributed by atoms with Gasteiger partial charge in [-0.15, -0.1) is 0 Å². The van der Waals surface area contributed by atoms with Gasteiger partial charge >= 0.3 is 0 Å². The number of anilines is 2. The maximum absolute atomic E-state index is 13.4. The van der Waals surface area contributed by atoms with E-state index in [0.717, 1.165) is 0 Å². The molecule has 0 spiro atoms. The van der Waals surface area contributed by atoms with Crippen molar-refractivity contribution in [1.82, 2.24) is 10.3 Å². The molecule has 9 heteroatoms. The molecule has 1 saturated heterocycles. The van der Waals surface area contributed by atoms with Crippen molar-refractivity contribution in [3.05, 3.63) is 52.9 Å². The number of amides is 3.